The minimum Gasteiger partial charge on any atom is -0.546 e. The summed E-state index contributed by atoms with van der Waals surface area (Å²) in [5.74, 6) is -1.06. The number of hydrogen-bond donors (Lipinski definition) is 0. The van der Waals surface area contributed by atoms with E-state index in [0.717, 1.165) is 11.8 Å². The van der Waals surface area contributed by atoms with E-state index < -0.39 is 12.6 Å². The minimum absolute atomic E-state index is 0.210. The molecule has 0 bridgehead atoms. The van der Waals surface area contributed by atoms with Gasteiger partial charge in [0.15, 0.2) is 11.5 Å². The Balaban J connectivity index is 2.28. The molecule has 134 valence electrons. The molecule has 0 unspecified atom stereocenters. The fraction of sp³-hybridized carbons (Fsp3) is 0.353. The number of thioether (sulfide) groups is 1. The number of nitrogens with zero attached hydrogens (tertiary/aromatic N) is 1. The Morgan fingerprint density at radius 1 is 1.28 bits per heavy atom. The number of carbonyl (C=O) groups excluding carboxylic acids is 3. The quantitative estimate of drug-likeness (QED) is 0.679. The number of benzene rings is 1. The summed E-state index contributed by atoms with van der Waals surface area (Å²) in [5.41, 5.74) is 0.638. The molecule has 0 saturated carbocycles. The van der Waals surface area contributed by atoms with Gasteiger partial charge in [-0.3, -0.25) is 14.5 Å². The highest BCUT2D eigenvalue weighted by Gasteiger charge is 2.36. The maximum absolute atomic E-state index is 12.3. The first-order valence-electron chi connectivity index (χ1n) is 7.70. The smallest absolute Gasteiger partial charge is 0.293 e. The summed E-state index contributed by atoms with van der Waals surface area (Å²) in [6.45, 7) is 5.09. The van der Waals surface area contributed by atoms with Crippen LogP contribution in [-0.2, 0) is 9.59 Å². The van der Waals surface area contributed by atoms with Crippen molar-refractivity contribution in [3.63, 3.8) is 0 Å². The predicted molar refractivity (Wildman–Crippen MR) is 91.1 cm³/mol. The van der Waals surface area contributed by atoms with Crippen molar-refractivity contribution >= 4 is 35.0 Å². The zero-order valence-corrected chi connectivity index (χ0v) is 14.9. The number of imide groups is 1. The van der Waals surface area contributed by atoms with Crippen LogP contribution in [0.4, 0.5) is 4.79 Å². The third-order valence-electron chi connectivity index (χ3n) is 3.25. The number of aliphatic carboxylic acids is 1. The molecule has 1 aromatic rings. The van der Waals surface area contributed by atoms with Gasteiger partial charge in [-0.1, -0.05) is 6.07 Å². The second-order valence-electron chi connectivity index (χ2n) is 5.45. The van der Waals surface area contributed by atoms with Crippen LogP contribution in [-0.4, -0.2) is 41.3 Å². The Morgan fingerprint density at radius 2 is 2.00 bits per heavy atom. The molecule has 0 aromatic heterocycles. The second-order valence-corrected chi connectivity index (χ2v) is 6.44. The molecular weight excluding hydrogens is 346 g/mol. The highest BCUT2D eigenvalue weighted by atomic mass is 32.2. The molecule has 1 heterocycles. The molecule has 0 spiro atoms. The normalized spacial score (nSPS) is 16.0. The maximum Gasteiger partial charge on any atom is 0.293 e. The van der Waals surface area contributed by atoms with Crippen molar-refractivity contribution in [2.24, 2.45) is 0 Å². The molecule has 0 N–H and O–H groups in total. The molecule has 1 aliphatic rings. The maximum atomic E-state index is 12.3. The first-order chi connectivity index (χ1) is 11.8. The number of carbonyl (C=O) groups is 3. The fourth-order valence-corrected chi connectivity index (χ4v) is 3.18. The number of hydrogen-bond acceptors (Lipinski definition) is 7. The Hall–Kier alpha value is -2.48. The summed E-state index contributed by atoms with van der Waals surface area (Å²) in [5, 5.41) is 10.2. The van der Waals surface area contributed by atoms with Gasteiger partial charge in [0.05, 0.1) is 17.5 Å². The second kappa shape index (κ2) is 8.06. The Bertz CT molecular complexity index is 728. The highest BCUT2D eigenvalue weighted by molar-refractivity contribution is 8.18. The fourth-order valence-electron chi connectivity index (χ4n) is 2.22. The summed E-state index contributed by atoms with van der Waals surface area (Å²) in [6, 6.07) is 4.61. The van der Waals surface area contributed by atoms with Gasteiger partial charge in [0.1, 0.15) is 6.61 Å². The van der Waals surface area contributed by atoms with Crippen LogP contribution in [0.2, 0.25) is 0 Å². The molecule has 1 aromatic carbocycles. The van der Waals surface area contributed by atoms with Crippen LogP contribution in [0.1, 0.15) is 26.3 Å². The van der Waals surface area contributed by atoms with Gasteiger partial charge in [0, 0.05) is 6.04 Å². The van der Waals surface area contributed by atoms with Crippen LogP contribution in [0.3, 0.4) is 0 Å². The Labute approximate surface area is 149 Å². The van der Waals surface area contributed by atoms with E-state index in [1.54, 1.807) is 45.0 Å². The van der Waals surface area contributed by atoms with Crippen molar-refractivity contribution in [3.05, 3.63) is 28.7 Å². The van der Waals surface area contributed by atoms with Crippen LogP contribution in [0, 0.1) is 0 Å². The number of amides is 2. The molecular formula is C17H18NO6S-. The SMILES string of the molecule is CCOc1cc(/C=C2/SC(=O)N(C(C)C)C2=O)ccc1OCC(=O)[O-]. The number of rotatable bonds is 7. The van der Waals surface area contributed by atoms with E-state index in [2.05, 4.69) is 0 Å². The number of carboxylic acid groups (broad SMARTS) is 1. The molecule has 25 heavy (non-hydrogen) atoms. The van der Waals surface area contributed by atoms with E-state index in [1.807, 2.05) is 0 Å². The average Bonchev–Trinajstić information content (AvgIpc) is 2.80. The average molecular weight is 364 g/mol. The zero-order chi connectivity index (χ0) is 18.6. The van der Waals surface area contributed by atoms with Crippen LogP contribution < -0.4 is 14.6 Å². The molecule has 7 nitrogen and oxygen atoms in total. The van der Waals surface area contributed by atoms with E-state index in [1.165, 1.54) is 4.90 Å². The number of ether oxygens (including phenoxy) is 2. The Kier molecular flexibility index (Phi) is 6.08. The summed E-state index contributed by atoms with van der Waals surface area (Å²) in [4.78, 5) is 36.3. The zero-order valence-electron chi connectivity index (χ0n) is 14.1. The first-order valence-corrected chi connectivity index (χ1v) is 8.51. The van der Waals surface area contributed by atoms with Crippen molar-refractivity contribution < 1.29 is 29.0 Å². The molecule has 1 fully saturated rings. The van der Waals surface area contributed by atoms with Crippen LogP contribution in [0.5, 0.6) is 11.5 Å². The molecule has 1 aliphatic heterocycles. The van der Waals surface area contributed by atoms with Gasteiger partial charge in [0.25, 0.3) is 11.1 Å². The first kappa shape index (κ1) is 18.9. The molecule has 1 saturated heterocycles. The van der Waals surface area contributed by atoms with Gasteiger partial charge in [-0.05, 0) is 56.3 Å². The summed E-state index contributed by atoms with van der Waals surface area (Å²) < 4.78 is 10.6. The summed E-state index contributed by atoms with van der Waals surface area (Å²) >= 11 is 0.883. The predicted octanol–water partition coefficient (Wildman–Crippen LogP) is 1.66. The van der Waals surface area contributed by atoms with Crippen LogP contribution >= 0.6 is 11.8 Å². The van der Waals surface area contributed by atoms with E-state index in [9.17, 15) is 19.5 Å². The van der Waals surface area contributed by atoms with Crippen molar-refractivity contribution in [1.82, 2.24) is 4.90 Å². The lowest BCUT2D eigenvalue weighted by Crippen LogP contribution is -2.34. The highest BCUT2D eigenvalue weighted by Crippen LogP contribution is 2.35. The van der Waals surface area contributed by atoms with E-state index in [-0.39, 0.29) is 22.9 Å². The van der Waals surface area contributed by atoms with E-state index >= 15 is 0 Å². The topological polar surface area (TPSA) is 96.0 Å². The summed E-state index contributed by atoms with van der Waals surface area (Å²) in [7, 11) is 0. The molecule has 0 atom stereocenters. The monoisotopic (exact) mass is 364 g/mol. The standard InChI is InChI=1S/C17H19NO6S/c1-4-23-13-7-11(5-6-12(13)24-9-15(19)20)8-14-16(21)18(10(2)3)17(22)25-14/h5-8,10H,4,9H2,1-3H3,(H,19,20)/p-1/b14-8+. The molecule has 0 aliphatic carbocycles. The van der Waals surface area contributed by atoms with E-state index in [4.69, 9.17) is 9.47 Å². The van der Waals surface area contributed by atoms with Gasteiger partial charge in [0.2, 0.25) is 0 Å². The van der Waals surface area contributed by atoms with Gasteiger partial charge >= 0.3 is 0 Å². The van der Waals surface area contributed by atoms with Crippen molar-refractivity contribution in [1.29, 1.82) is 0 Å². The minimum atomic E-state index is -1.34. The third kappa shape index (κ3) is 4.54. The Morgan fingerprint density at radius 3 is 2.56 bits per heavy atom. The van der Waals surface area contributed by atoms with Gasteiger partial charge < -0.3 is 19.4 Å². The van der Waals surface area contributed by atoms with Crippen LogP contribution in [0.15, 0.2) is 23.1 Å². The third-order valence-corrected chi connectivity index (χ3v) is 4.13. The van der Waals surface area contributed by atoms with Gasteiger partial charge in [-0.15, -0.1) is 0 Å². The largest absolute Gasteiger partial charge is 0.546 e. The van der Waals surface area contributed by atoms with Crippen LogP contribution in [0.25, 0.3) is 6.08 Å². The van der Waals surface area contributed by atoms with Gasteiger partial charge in [-0.25, -0.2) is 0 Å². The molecule has 0 radical (unpaired) electrons. The van der Waals surface area contributed by atoms with Gasteiger partial charge in [-0.2, -0.15) is 0 Å². The molecule has 8 heteroatoms. The van der Waals surface area contributed by atoms with Crippen molar-refractivity contribution in [2.75, 3.05) is 13.2 Å². The molecule has 2 amide bonds. The number of carboxylic acids is 1. The summed E-state index contributed by atoms with van der Waals surface area (Å²) in [6.07, 6.45) is 1.60. The van der Waals surface area contributed by atoms with Crippen molar-refractivity contribution in [2.45, 2.75) is 26.8 Å². The lowest BCUT2D eigenvalue weighted by Gasteiger charge is -2.16. The lowest BCUT2D eigenvalue weighted by atomic mass is 10.1. The molecule has 2 rings (SSSR count). The lowest BCUT2D eigenvalue weighted by molar-refractivity contribution is -0.307. The van der Waals surface area contributed by atoms with E-state index in [0.29, 0.717) is 22.8 Å². The van der Waals surface area contributed by atoms with Crippen molar-refractivity contribution in [3.8, 4) is 11.5 Å².